The molecule has 5 heteroatoms. The molecule has 2 unspecified atom stereocenters. The summed E-state index contributed by atoms with van der Waals surface area (Å²) in [6.45, 7) is 5.87. The van der Waals surface area contributed by atoms with E-state index in [0.717, 1.165) is 25.1 Å². The minimum Gasteiger partial charge on any atom is -0.377 e. The molecular formula is C15H19F2NO2. The average Bonchev–Trinajstić information content (AvgIpc) is 2.65. The van der Waals surface area contributed by atoms with Gasteiger partial charge in [-0.25, -0.2) is 8.78 Å². The standard InChI is InChI=1S/C15H19F2NO2/c1-10-9-18(6-3-7-20-10)11(2)15(19)12-4-5-13(16)14(17)8-12/h4-5,8,10-11H,3,6-7,9H2,1-2H3. The summed E-state index contributed by atoms with van der Waals surface area (Å²) < 4.78 is 31.7. The summed E-state index contributed by atoms with van der Waals surface area (Å²) in [6, 6.07) is 2.91. The highest BCUT2D eigenvalue weighted by atomic mass is 19.2. The van der Waals surface area contributed by atoms with Gasteiger partial charge in [0.25, 0.3) is 0 Å². The van der Waals surface area contributed by atoms with Crippen LogP contribution in [-0.2, 0) is 4.74 Å². The van der Waals surface area contributed by atoms with Crippen LogP contribution in [-0.4, -0.2) is 42.5 Å². The summed E-state index contributed by atoms with van der Waals surface area (Å²) in [5.74, 6) is -2.13. The molecule has 110 valence electrons. The quantitative estimate of drug-likeness (QED) is 0.799. The minimum absolute atomic E-state index is 0.0673. The third-order valence-electron chi connectivity index (χ3n) is 3.61. The Morgan fingerprint density at radius 1 is 1.40 bits per heavy atom. The van der Waals surface area contributed by atoms with Crippen molar-refractivity contribution < 1.29 is 18.3 Å². The molecule has 1 aliphatic rings. The largest absolute Gasteiger partial charge is 0.377 e. The van der Waals surface area contributed by atoms with Crippen LogP contribution in [0.5, 0.6) is 0 Å². The molecule has 0 aromatic heterocycles. The second kappa shape index (κ2) is 6.41. The molecule has 1 aromatic carbocycles. The average molecular weight is 283 g/mol. The lowest BCUT2D eigenvalue weighted by molar-refractivity contribution is 0.0581. The van der Waals surface area contributed by atoms with Gasteiger partial charge in [-0.05, 0) is 38.5 Å². The van der Waals surface area contributed by atoms with E-state index in [-0.39, 0.29) is 23.5 Å². The minimum atomic E-state index is -0.990. The van der Waals surface area contributed by atoms with Gasteiger partial charge in [0.1, 0.15) is 0 Å². The lowest BCUT2D eigenvalue weighted by Gasteiger charge is -2.27. The Morgan fingerprint density at radius 2 is 2.15 bits per heavy atom. The van der Waals surface area contributed by atoms with Gasteiger partial charge in [0.15, 0.2) is 17.4 Å². The van der Waals surface area contributed by atoms with Crippen LogP contribution < -0.4 is 0 Å². The van der Waals surface area contributed by atoms with Gasteiger partial charge >= 0.3 is 0 Å². The summed E-state index contributed by atoms with van der Waals surface area (Å²) in [7, 11) is 0. The number of halogens is 2. The van der Waals surface area contributed by atoms with Gasteiger partial charge in [0.05, 0.1) is 12.1 Å². The molecule has 1 aliphatic heterocycles. The van der Waals surface area contributed by atoms with E-state index in [1.165, 1.54) is 6.07 Å². The van der Waals surface area contributed by atoms with Crippen LogP contribution in [0.4, 0.5) is 8.78 Å². The first-order valence-corrected chi connectivity index (χ1v) is 6.84. The SMILES string of the molecule is CC1CN(C(C)C(=O)c2ccc(F)c(F)c2)CCCO1. The molecule has 1 saturated heterocycles. The number of hydrogen-bond donors (Lipinski definition) is 0. The van der Waals surface area contributed by atoms with Crippen LogP contribution in [0.3, 0.4) is 0 Å². The lowest BCUT2D eigenvalue weighted by atomic mass is 10.0. The Morgan fingerprint density at radius 3 is 2.85 bits per heavy atom. The smallest absolute Gasteiger partial charge is 0.179 e. The van der Waals surface area contributed by atoms with Crippen LogP contribution in [0.25, 0.3) is 0 Å². The maximum absolute atomic E-state index is 13.2. The van der Waals surface area contributed by atoms with Gasteiger partial charge in [-0.3, -0.25) is 9.69 Å². The van der Waals surface area contributed by atoms with Crippen molar-refractivity contribution in [1.29, 1.82) is 0 Å². The summed E-state index contributed by atoms with van der Waals surface area (Å²) in [6.07, 6.45) is 0.928. The molecule has 0 saturated carbocycles. The number of hydrogen-bond acceptors (Lipinski definition) is 3. The lowest BCUT2D eigenvalue weighted by Crippen LogP contribution is -2.42. The number of rotatable bonds is 3. The third kappa shape index (κ3) is 3.41. The van der Waals surface area contributed by atoms with Gasteiger partial charge in [-0.15, -0.1) is 0 Å². The van der Waals surface area contributed by atoms with Crippen molar-refractivity contribution in [1.82, 2.24) is 4.90 Å². The molecule has 1 fully saturated rings. The van der Waals surface area contributed by atoms with Gasteiger partial charge in [-0.2, -0.15) is 0 Å². The highest BCUT2D eigenvalue weighted by Crippen LogP contribution is 2.15. The van der Waals surface area contributed by atoms with E-state index in [4.69, 9.17) is 4.74 Å². The van der Waals surface area contributed by atoms with Crippen molar-refractivity contribution in [3.05, 3.63) is 35.4 Å². The summed E-state index contributed by atoms with van der Waals surface area (Å²) in [4.78, 5) is 14.4. The van der Waals surface area contributed by atoms with Gasteiger partial charge in [0.2, 0.25) is 0 Å². The van der Waals surface area contributed by atoms with Crippen LogP contribution in [0.15, 0.2) is 18.2 Å². The van der Waals surface area contributed by atoms with Gasteiger partial charge in [-0.1, -0.05) is 0 Å². The number of ketones is 1. The third-order valence-corrected chi connectivity index (χ3v) is 3.61. The zero-order valence-electron chi connectivity index (χ0n) is 11.7. The van der Waals surface area contributed by atoms with Crippen LogP contribution in [0, 0.1) is 11.6 Å². The highest BCUT2D eigenvalue weighted by Gasteiger charge is 2.26. The first-order chi connectivity index (χ1) is 9.49. The molecule has 0 bridgehead atoms. The van der Waals surface area contributed by atoms with Gasteiger partial charge in [0, 0.05) is 25.3 Å². The number of nitrogens with zero attached hydrogens (tertiary/aromatic N) is 1. The molecule has 3 nitrogen and oxygen atoms in total. The zero-order chi connectivity index (χ0) is 14.7. The molecule has 1 heterocycles. The Bertz CT molecular complexity index is 493. The number of ether oxygens (including phenoxy) is 1. The summed E-state index contributed by atoms with van der Waals surface area (Å²) in [5.41, 5.74) is 0.203. The number of benzene rings is 1. The van der Waals surface area contributed by atoms with E-state index >= 15 is 0 Å². The van der Waals surface area contributed by atoms with Gasteiger partial charge < -0.3 is 4.74 Å². The molecule has 0 radical (unpaired) electrons. The normalized spacial score (nSPS) is 22.3. The van der Waals surface area contributed by atoms with E-state index in [1.54, 1.807) is 6.92 Å². The zero-order valence-corrected chi connectivity index (χ0v) is 11.7. The summed E-state index contributed by atoms with van der Waals surface area (Å²) >= 11 is 0. The molecule has 0 spiro atoms. The fraction of sp³-hybridized carbons (Fsp3) is 0.533. The molecule has 1 aromatic rings. The van der Waals surface area contributed by atoms with E-state index in [1.807, 2.05) is 11.8 Å². The number of carbonyl (C=O) groups is 1. The van der Waals surface area contributed by atoms with Crippen molar-refractivity contribution in [2.24, 2.45) is 0 Å². The van der Waals surface area contributed by atoms with Crippen molar-refractivity contribution in [2.75, 3.05) is 19.7 Å². The Hall–Kier alpha value is -1.33. The molecule has 20 heavy (non-hydrogen) atoms. The Labute approximate surface area is 117 Å². The molecule has 2 atom stereocenters. The van der Waals surface area contributed by atoms with E-state index in [2.05, 4.69) is 0 Å². The Balaban J connectivity index is 2.12. The number of carbonyl (C=O) groups excluding carboxylic acids is 1. The van der Waals surface area contributed by atoms with E-state index in [0.29, 0.717) is 13.2 Å². The molecule has 0 aliphatic carbocycles. The monoisotopic (exact) mass is 283 g/mol. The predicted octanol–water partition coefficient (Wildman–Crippen LogP) is 2.65. The first kappa shape index (κ1) is 15.1. The topological polar surface area (TPSA) is 29.5 Å². The van der Waals surface area contributed by atoms with Crippen molar-refractivity contribution in [2.45, 2.75) is 32.4 Å². The fourth-order valence-corrected chi connectivity index (χ4v) is 2.43. The van der Waals surface area contributed by atoms with Crippen LogP contribution >= 0.6 is 0 Å². The van der Waals surface area contributed by atoms with Crippen LogP contribution in [0.2, 0.25) is 0 Å². The van der Waals surface area contributed by atoms with E-state index < -0.39 is 11.6 Å². The van der Waals surface area contributed by atoms with Crippen LogP contribution in [0.1, 0.15) is 30.6 Å². The molecular weight excluding hydrogens is 264 g/mol. The van der Waals surface area contributed by atoms with Crippen molar-refractivity contribution in [3.8, 4) is 0 Å². The maximum Gasteiger partial charge on any atom is 0.179 e. The molecule has 0 amide bonds. The predicted molar refractivity (Wildman–Crippen MR) is 71.8 cm³/mol. The molecule has 0 N–H and O–H groups in total. The summed E-state index contributed by atoms with van der Waals surface area (Å²) in [5, 5.41) is 0. The maximum atomic E-state index is 13.2. The second-order valence-corrected chi connectivity index (χ2v) is 5.20. The fourth-order valence-electron chi connectivity index (χ4n) is 2.43. The number of Topliss-reactive ketones (excluding diaryl/α,β-unsaturated/α-hetero) is 1. The molecule has 2 rings (SSSR count). The van der Waals surface area contributed by atoms with E-state index in [9.17, 15) is 13.6 Å². The second-order valence-electron chi connectivity index (χ2n) is 5.20. The Kier molecular flexibility index (Phi) is 4.83. The highest BCUT2D eigenvalue weighted by molar-refractivity contribution is 5.99. The van der Waals surface area contributed by atoms with Crippen molar-refractivity contribution >= 4 is 5.78 Å². The van der Waals surface area contributed by atoms with Crippen molar-refractivity contribution in [3.63, 3.8) is 0 Å². The first-order valence-electron chi connectivity index (χ1n) is 6.84.